The number of benzene rings is 3. The van der Waals surface area contributed by atoms with E-state index < -0.39 is 27.8 Å². The van der Waals surface area contributed by atoms with Crippen molar-refractivity contribution in [2.24, 2.45) is 0 Å². The summed E-state index contributed by atoms with van der Waals surface area (Å²) in [7, 11) is -3.96. The van der Waals surface area contributed by atoms with Gasteiger partial charge in [-0.1, -0.05) is 74.0 Å². The standard InChI is InChI=1S/C33H40F3N3O4S/c1-4-5-20-37-32(41)30(22-26-14-7-6-8-15-26)38(24-27-16-10-9-13-25(27)2)31(40)19-12-21-39(44(3,42)43)29-18-11-17-28(23-29)33(34,35)36/h6-11,13-18,23,30H,4-5,12,19-22,24H2,1-3H3,(H,37,41)/t30-/m0/s1. The number of carbonyl (C=O) groups is 2. The number of anilines is 1. The topological polar surface area (TPSA) is 86.8 Å². The van der Waals surface area contributed by atoms with Gasteiger partial charge in [0.25, 0.3) is 0 Å². The average Bonchev–Trinajstić information content (AvgIpc) is 2.97. The molecule has 0 aliphatic rings. The van der Waals surface area contributed by atoms with Gasteiger partial charge in [-0.3, -0.25) is 13.9 Å². The molecule has 3 aromatic rings. The van der Waals surface area contributed by atoms with Gasteiger partial charge >= 0.3 is 6.18 Å². The molecule has 0 aliphatic carbocycles. The first-order valence-electron chi connectivity index (χ1n) is 14.6. The number of rotatable bonds is 15. The van der Waals surface area contributed by atoms with Crippen molar-refractivity contribution < 1.29 is 31.2 Å². The van der Waals surface area contributed by atoms with Crippen molar-refractivity contribution in [3.8, 4) is 0 Å². The van der Waals surface area contributed by atoms with Crippen molar-refractivity contribution in [3.05, 3.63) is 101 Å². The van der Waals surface area contributed by atoms with Crippen LogP contribution >= 0.6 is 0 Å². The summed E-state index contributed by atoms with van der Waals surface area (Å²) in [6.07, 6.45) is -1.88. The summed E-state index contributed by atoms with van der Waals surface area (Å²) in [5.41, 5.74) is 1.58. The highest BCUT2D eigenvalue weighted by atomic mass is 32.2. The van der Waals surface area contributed by atoms with E-state index >= 15 is 0 Å². The molecule has 0 bridgehead atoms. The smallest absolute Gasteiger partial charge is 0.354 e. The van der Waals surface area contributed by atoms with Crippen molar-refractivity contribution in [3.63, 3.8) is 0 Å². The van der Waals surface area contributed by atoms with Gasteiger partial charge in [-0.2, -0.15) is 13.2 Å². The highest BCUT2D eigenvalue weighted by molar-refractivity contribution is 7.92. The lowest BCUT2D eigenvalue weighted by atomic mass is 10.0. The summed E-state index contributed by atoms with van der Waals surface area (Å²) in [6, 6.07) is 20.2. The van der Waals surface area contributed by atoms with Crippen LogP contribution < -0.4 is 9.62 Å². The number of aryl methyl sites for hydroxylation is 1. The Morgan fingerprint density at radius 3 is 2.25 bits per heavy atom. The number of amides is 2. The molecule has 1 atom stereocenters. The van der Waals surface area contributed by atoms with Crippen LogP contribution in [0.2, 0.25) is 0 Å². The molecular formula is C33H40F3N3O4S. The zero-order chi connectivity index (χ0) is 32.3. The summed E-state index contributed by atoms with van der Waals surface area (Å²) < 4.78 is 66.1. The summed E-state index contributed by atoms with van der Waals surface area (Å²) in [4.78, 5) is 29.0. The summed E-state index contributed by atoms with van der Waals surface area (Å²) in [5, 5.41) is 2.96. The molecule has 44 heavy (non-hydrogen) atoms. The molecule has 0 unspecified atom stereocenters. The highest BCUT2D eigenvalue weighted by Gasteiger charge is 2.33. The van der Waals surface area contributed by atoms with Crippen LogP contribution in [0.25, 0.3) is 0 Å². The fourth-order valence-electron chi connectivity index (χ4n) is 4.87. The first-order chi connectivity index (χ1) is 20.8. The number of sulfonamides is 1. The van der Waals surface area contributed by atoms with Gasteiger partial charge in [0.05, 0.1) is 17.5 Å². The van der Waals surface area contributed by atoms with Crippen LogP contribution in [0.5, 0.6) is 0 Å². The molecule has 3 rings (SSSR count). The molecule has 11 heteroatoms. The van der Waals surface area contributed by atoms with Crippen molar-refractivity contribution in [1.82, 2.24) is 10.2 Å². The average molecular weight is 632 g/mol. The first-order valence-corrected chi connectivity index (χ1v) is 16.5. The van der Waals surface area contributed by atoms with Crippen LogP contribution in [0.3, 0.4) is 0 Å². The molecular weight excluding hydrogens is 591 g/mol. The van der Waals surface area contributed by atoms with E-state index in [2.05, 4.69) is 5.32 Å². The number of halogens is 3. The van der Waals surface area contributed by atoms with Crippen molar-refractivity contribution in [1.29, 1.82) is 0 Å². The maximum absolute atomic E-state index is 13.9. The Kier molecular flexibility index (Phi) is 12.4. The Bertz CT molecular complexity index is 1500. The number of nitrogens with zero attached hydrogens (tertiary/aromatic N) is 2. The Morgan fingerprint density at radius 1 is 0.932 bits per heavy atom. The number of carbonyl (C=O) groups excluding carboxylic acids is 2. The van der Waals surface area contributed by atoms with E-state index in [-0.39, 0.29) is 49.9 Å². The van der Waals surface area contributed by atoms with Gasteiger partial charge in [0.1, 0.15) is 6.04 Å². The van der Waals surface area contributed by atoms with Crippen LogP contribution in [0.15, 0.2) is 78.9 Å². The summed E-state index contributed by atoms with van der Waals surface area (Å²) in [6.45, 7) is 4.35. The third kappa shape index (κ3) is 10.1. The summed E-state index contributed by atoms with van der Waals surface area (Å²) >= 11 is 0. The minimum atomic E-state index is -4.64. The number of hydrogen-bond donors (Lipinski definition) is 1. The maximum Gasteiger partial charge on any atom is 0.416 e. The van der Waals surface area contributed by atoms with E-state index in [1.807, 2.05) is 68.4 Å². The number of unbranched alkanes of at least 4 members (excludes halogenated alkanes) is 1. The largest absolute Gasteiger partial charge is 0.416 e. The molecule has 3 aromatic carbocycles. The van der Waals surface area contributed by atoms with Gasteiger partial charge in [-0.05, 0) is 54.7 Å². The molecule has 0 radical (unpaired) electrons. The minimum absolute atomic E-state index is 0.0297. The second-order valence-corrected chi connectivity index (χ2v) is 12.7. The minimum Gasteiger partial charge on any atom is -0.354 e. The van der Waals surface area contributed by atoms with Crippen molar-refractivity contribution in [2.75, 3.05) is 23.7 Å². The predicted octanol–water partition coefficient (Wildman–Crippen LogP) is 6.12. The van der Waals surface area contributed by atoms with E-state index in [9.17, 15) is 31.2 Å². The Morgan fingerprint density at radius 2 is 1.61 bits per heavy atom. The monoisotopic (exact) mass is 631 g/mol. The predicted molar refractivity (Wildman–Crippen MR) is 166 cm³/mol. The fraction of sp³-hybridized carbons (Fsp3) is 0.394. The molecule has 0 saturated carbocycles. The highest BCUT2D eigenvalue weighted by Crippen LogP contribution is 2.32. The second-order valence-electron chi connectivity index (χ2n) is 10.8. The molecule has 0 saturated heterocycles. The third-order valence-corrected chi connectivity index (χ3v) is 8.51. The van der Waals surface area contributed by atoms with Gasteiger partial charge < -0.3 is 10.2 Å². The quantitative estimate of drug-likeness (QED) is 0.205. The molecule has 1 N–H and O–H groups in total. The molecule has 0 aliphatic heterocycles. The fourth-order valence-corrected chi connectivity index (χ4v) is 5.83. The third-order valence-electron chi connectivity index (χ3n) is 7.32. The Labute approximate surface area is 258 Å². The second kappa shape index (κ2) is 15.7. The Hall–Kier alpha value is -3.86. The van der Waals surface area contributed by atoms with E-state index in [0.29, 0.717) is 6.54 Å². The van der Waals surface area contributed by atoms with Crippen LogP contribution in [0, 0.1) is 6.92 Å². The lowest BCUT2D eigenvalue weighted by Crippen LogP contribution is -2.50. The lowest BCUT2D eigenvalue weighted by Gasteiger charge is -2.32. The van der Waals surface area contributed by atoms with Crippen molar-refractivity contribution in [2.45, 2.75) is 64.7 Å². The van der Waals surface area contributed by atoms with E-state index in [1.165, 1.54) is 11.0 Å². The van der Waals surface area contributed by atoms with Crippen LogP contribution in [-0.4, -0.2) is 50.5 Å². The van der Waals surface area contributed by atoms with E-state index in [1.54, 1.807) is 0 Å². The molecule has 238 valence electrons. The number of alkyl halides is 3. The number of nitrogens with one attached hydrogen (secondary N) is 1. The van der Waals surface area contributed by atoms with Gasteiger partial charge in [-0.15, -0.1) is 0 Å². The zero-order valence-electron chi connectivity index (χ0n) is 25.3. The van der Waals surface area contributed by atoms with Crippen LogP contribution in [-0.2, 0) is 38.8 Å². The SMILES string of the molecule is CCCCNC(=O)[C@H](Cc1ccccc1)N(Cc1ccccc1C)C(=O)CCCN(c1cccc(C(F)(F)F)c1)S(C)(=O)=O. The van der Waals surface area contributed by atoms with Gasteiger partial charge in [0.2, 0.25) is 21.8 Å². The van der Waals surface area contributed by atoms with Gasteiger partial charge in [-0.25, -0.2) is 8.42 Å². The van der Waals surface area contributed by atoms with Crippen LogP contribution in [0.4, 0.5) is 18.9 Å². The van der Waals surface area contributed by atoms with Gasteiger partial charge in [0.15, 0.2) is 0 Å². The maximum atomic E-state index is 13.9. The zero-order valence-corrected chi connectivity index (χ0v) is 26.1. The molecule has 0 heterocycles. The van der Waals surface area contributed by atoms with Crippen LogP contribution in [0.1, 0.15) is 54.9 Å². The van der Waals surface area contributed by atoms with E-state index in [4.69, 9.17) is 0 Å². The van der Waals surface area contributed by atoms with Crippen molar-refractivity contribution >= 4 is 27.5 Å². The first kappa shape index (κ1) is 34.6. The molecule has 7 nitrogen and oxygen atoms in total. The molecule has 0 spiro atoms. The summed E-state index contributed by atoms with van der Waals surface area (Å²) in [5.74, 6) is -0.650. The normalized spacial score (nSPS) is 12.4. The number of hydrogen-bond acceptors (Lipinski definition) is 4. The molecule has 0 aromatic heterocycles. The van der Waals surface area contributed by atoms with E-state index in [0.717, 1.165) is 58.3 Å². The van der Waals surface area contributed by atoms with Gasteiger partial charge in [0, 0.05) is 32.5 Å². The Balaban J connectivity index is 1.89. The lowest BCUT2D eigenvalue weighted by molar-refractivity contribution is -0.141. The molecule has 0 fully saturated rings. The molecule has 2 amide bonds.